The smallest absolute Gasteiger partial charge is 0.238 e. The Balaban J connectivity index is 1.93. The van der Waals surface area contributed by atoms with Crippen molar-refractivity contribution in [2.24, 2.45) is 5.41 Å². The predicted octanol–water partition coefficient (Wildman–Crippen LogP) is 3.77. The van der Waals surface area contributed by atoms with Gasteiger partial charge in [0.05, 0.1) is 22.8 Å². The van der Waals surface area contributed by atoms with E-state index in [0.29, 0.717) is 12.3 Å². The molecule has 0 unspecified atom stereocenters. The molecular weight excluding hydrogens is 320 g/mol. The number of carbonyl (C=O) groups excluding carboxylic acids is 2. The van der Waals surface area contributed by atoms with Crippen LogP contribution in [-0.2, 0) is 16.1 Å². The van der Waals surface area contributed by atoms with Crippen LogP contribution in [0.5, 0.6) is 0 Å². The van der Waals surface area contributed by atoms with Crippen LogP contribution >= 0.6 is 11.8 Å². The van der Waals surface area contributed by atoms with Gasteiger partial charge in [-0.2, -0.15) is 0 Å². The molecule has 3 rings (SSSR count). The first kappa shape index (κ1) is 16.7. The van der Waals surface area contributed by atoms with Gasteiger partial charge in [-0.05, 0) is 11.6 Å². The summed E-state index contributed by atoms with van der Waals surface area (Å²) in [6, 6.07) is 9.86. The Kier molecular flexibility index (Phi) is 4.45. The summed E-state index contributed by atoms with van der Waals surface area (Å²) in [7, 11) is 0. The number of para-hydroxylation sites is 1. The molecule has 1 amide bonds. The number of fused-ring (bicyclic) bond motifs is 1. The van der Waals surface area contributed by atoms with Gasteiger partial charge in [0.2, 0.25) is 5.91 Å². The summed E-state index contributed by atoms with van der Waals surface area (Å²) in [5.74, 6) is 0.434. The van der Waals surface area contributed by atoms with Crippen LogP contribution in [0.15, 0.2) is 47.6 Å². The van der Waals surface area contributed by atoms with Gasteiger partial charge in [-0.15, -0.1) is 0 Å². The summed E-state index contributed by atoms with van der Waals surface area (Å²) in [6.45, 7) is 6.08. The van der Waals surface area contributed by atoms with Gasteiger partial charge < -0.3 is 4.90 Å². The molecule has 0 spiro atoms. The Bertz CT molecular complexity index is 831. The molecule has 0 atom stereocenters. The molecular formula is C19H20N2O2S. The molecule has 1 aliphatic rings. The van der Waals surface area contributed by atoms with Gasteiger partial charge >= 0.3 is 0 Å². The standard InChI is InChI=1S/C19H20N2O2S/c1-19(2,3)15(22)10-17-21(16(23)12-24-17)11-14-7-4-6-13-8-5-9-20-18(13)14/h4-10H,11-12H2,1-3H3/b17-10-. The van der Waals surface area contributed by atoms with E-state index in [2.05, 4.69) is 4.98 Å². The number of hydrogen-bond donors (Lipinski definition) is 0. The van der Waals surface area contributed by atoms with E-state index in [4.69, 9.17) is 0 Å². The number of benzene rings is 1. The summed E-state index contributed by atoms with van der Waals surface area (Å²) in [5, 5.41) is 1.78. The largest absolute Gasteiger partial charge is 0.301 e. The van der Waals surface area contributed by atoms with Crippen molar-refractivity contribution in [1.82, 2.24) is 9.88 Å². The van der Waals surface area contributed by atoms with Crippen LogP contribution in [0.25, 0.3) is 10.9 Å². The van der Waals surface area contributed by atoms with Crippen molar-refractivity contribution in [2.45, 2.75) is 27.3 Å². The third-order valence-electron chi connectivity index (χ3n) is 3.95. The lowest BCUT2D eigenvalue weighted by Gasteiger charge is -2.20. The molecule has 0 bridgehead atoms. The molecule has 1 aromatic heterocycles. The van der Waals surface area contributed by atoms with Crippen molar-refractivity contribution >= 4 is 34.4 Å². The highest BCUT2D eigenvalue weighted by atomic mass is 32.2. The summed E-state index contributed by atoms with van der Waals surface area (Å²) in [6.07, 6.45) is 3.36. The van der Waals surface area contributed by atoms with Crippen molar-refractivity contribution in [3.05, 3.63) is 53.2 Å². The number of allylic oxidation sites excluding steroid dienone is 1. The van der Waals surface area contributed by atoms with E-state index < -0.39 is 5.41 Å². The average Bonchev–Trinajstić information content (AvgIpc) is 2.87. The third-order valence-corrected chi connectivity index (χ3v) is 4.97. The van der Waals surface area contributed by atoms with Gasteiger partial charge in [-0.25, -0.2) is 0 Å². The molecule has 2 heterocycles. The van der Waals surface area contributed by atoms with Crippen molar-refractivity contribution in [3.8, 4) is 0 Å². The van der Waals surface area contributed by atoms with Crippen molar-refractivity contribution < 1.29 is 9.59 Å². The maximum absolute atomic E-state index is 12.3. The van der Waals surface area contributed by atoms with Gasteiger partial charge in [-0.1, -0.05) is 56.8 Å². The highest BCUT2D eigenvalue weighted by Crippen LogP contribution is 2.32. The number of nitrogens with zero attached hydrogens (tertiary/aromatic N) is 2. The molecule has 124 valence electrons. The average molecular weight is 340 g/mol. The maximum atomic E-state index is 12.3. The first-order valence-corrected chi connectivity index (χ1v) is 8.87. The van der Waals surface area contributed by atoms with E-state index in [0.717, 1.165) is 21.5 Å². The fraction of sp³-hybridized carbons (Fsp3) is 0.316. The second kappa shape index (κ2) is 6.40. The van der Waals surface area contributed by atoms with Crippen LogP contribution < -0.4 is 0 Å². The topological polar surface area (TPSA) is 50.3 Å². The van der Waals surface area contributed by atoms with Crippen LogP contribution in [-0.4, -0.2) is 27.3 Å². The number of thioether (sulfide) groups is 1. The van der Waals surface area contributed by atoms with E-state index in [1.165, 1.54) is 11.8 Å². The Hall–Kier alpha value is -2.14. The molecule has 0 radical (unpaired) electrons. The van der Waals surface area contributed by atoms with Crippen molar-refractivity contribution in [1.29, 1.82) is 0 Å². The van der Waals surface area contributed by atoms with E-state index in [-0.39, 0.29) is 11.7 Å². The molecule has 4 nitrogen and oxygen atoms in total. The fourth-order valence-corrected chi connectivity index (χ4v) is 3.43. The molecule has 2 aromatic rings. The highest BCUT2D eigenvalue weighted by molar-refractivity contribution is 8.04. The first-order valence-electron chi connectivity index (χ1n) is 7.88. The van der Waals surface area contributed by atoms with E-state index in [1.807, 2.05) is 51.1 Å². The summed E-state index contributed by atoms with van der Waals surface area (Å²) in [4.78, 5) is 30.7. The van der Waals surface area contributed by atoms with E-state index in [9.17, 15) is 9.59 Å². The van der Waals surface area contributed by atoms with Crippen molar-refractivity contribution in [2.75, 3.05) is 5.75 Å². The fourth-order valence-electron chi connectivity index (χ4n) is 2.49. The summed E-state index contributed by atoms with van der Waals surface area (Å²) in [5.41, 5.74) is 1.43. The number of ketones is 1. The highest BCUT2D eigenvalue weighted by Gasteiger charge is 2.29. The number of carbonyl (C=O) groups is 2. The Morgan fingerprint density at radius 2 is 2.04 bits per heavy atom. The third kappa shape index (κ3) is 3.36. The van der Waals surface area contributed by atoms with Gasteiger partial charge in [0.1, 0.15) is 0 Å². The number of pyridine rings is 1. The molecule has 1 aromatic carbocycles. The minimum Gasteiger partial charge on any atom is -0.301 e. The zero-order valence-corrected chi connectivity index (χ0v) is 14.9. The van der Waals surface area contributed by atoms with Gasteiger partial charge in [0.25, 0.3) is 0 Å². The Morgan fingerprint density at radius 3 is 2.79 bits per heavy atom. The second-order valence-corrected chi connectivity index (χ2v) is 7.85. The molecule has 1 aliphatic heterocycles. The maximum Gasteiger partial charge on any atom is 0.238 e. The Morgan fingerprint density at radius 1 is 1.29 bits per heavy atom. The molecule has 1 saturated heterocycles. The number of hydrogen-bond acceptors (Lipinski definition) is 4. The minimum absolute atomic E-state index is 0.0285. The monoisotopic (exact) mass is 340 g/mol. The van der Waals surface area contributed by atoms with Crippen LogP contribution in [0.4, 0.5) is 0 Å². The minimum atomic E-state index is -0.453. The van der Waals surface area contributed by atoms with Crippen LogP contribution in [0.2, 0.25) is 0 Å². The lowest BCUT2D eigenvalue weighted by Crippen LogP contribution is -2.26. The predicted molar refractivity (Wildman–Crippen MR) is 97.3 cm³/mol. The first-order chi connectivity index (χ1) is 11.4. The van der Waals surface area contributed by atoms with Crippen LogP contribution in [0.1, 0.15) is 26.3 Å². The van der Waals surface area contributed by atoms with Gasteiger partial charge in [0, 0.05) is 23.1 Å². The van der Waals surface area contributed by atoms with Gasteiger partial charge in [-0.3, -0.25) is 14.6 Å². The van der Waals surface area contributed by atoms with E-state index in [1.54, 1.807) is 17.2 Å². The summed E-state index contributed by atoms with van der Waals surface area (Å²) >= 11 is 1.42. The zero-order chi connectivity index (χ0) is 17.3. The van der Waals surface area contributed by atoms with Crippen LogP contribution in [0, 0.1) is 5.41 Å². The lowest BCUT2D eigenvalue weighted by molar-refractivity contribution is -0.125. The van der Waals surface area contributed by atoms with E-state index >= 15 is 0 Å². The number of amides is 1. The lowest BCUT2D eigenvalue weighted by atomic mass is 9.91. The zero-order valence-electron chi connectivity index (χ0n) is 14.1. The SMILES string of the molecule is CC(C)(C)C(=O)/C=C1\SCC(=O)N1Cc1cccc2cccnc12. The normalized spacial score (nSPS) is 17.0. The molecule has 24 heavy (non-hydrogen) atoms. The molecule has 0 N–H and O–H groups in total. The van der Waals surface area contributed by atoms with Gasteiger partial charge in [0.15, 0.2) is 5.78 Å². The molecule has 0 aliphatic carbocycles. The quantitative estimate of drug-likeness (QED) is 0.798. The molecule has 0 saturated carbocycles. The molecule has 1 fully saturated rings. The van der Waals surface area contributed by atoms with Crippen LogP contribution in [0.3, 0.4) is 0 Å². The number of aromatic nitrogens is 1. The number of rotatable bonds is 3. The Labute approximate surface area is 145 Å². The van der Waals surface area contributed by atoms with Crippen molar-refractivity contribution in [3.63, 3.8) is 0 Å². The summed E-state index contributed by atoms with van der Waals surface area (Å²) < 4.78 is 0. The molecule has 5 heteroatoms. The second-order valence-electron chi connectivity index (χ2n) is 6.86.